The minimum atomic E-state index is -0.905. The Balaban J connectivity index is 1.57. The van der Waals surface area contributed by atoms with E-state index in [9.17, 15) is 19.5 Å². The van der Waals surface area contributed by atoms with Crippen LogP contribution >= 0.6 is 0 Å². The molecule has 0 aromatic heterocycles. The summed E-state index contributed by atoms with van der Waals surface area (Å²) >= 11 is 0. The highest BCUT2D eigenvalue weighted by atomic mass is 16.7. The highest BCUT2D eigenvalue weighted by Gasteiger charge is 2.47. The molecule has 0 saturated carbocycles. The number of rotatable bonds is 12. The average Bonchev–Trinajstić information content (AvgIpc) is 3.58. The molecule has 2 amide bonds. The van der Waals surface area contributed by atoms with E-state index >= 15 is 0 Å². The summed E-state index contributed by atoms with van der Waals surface area (Å²) in [6, 6.07) is 5.14. The van der Waals surface area contributed by atoms with E-state index in [1.165, 1.54) is 5.06 Å². The maximum Gasteiger partial charge on any atom is 0.308 e. The number of likely N-dealkylation sites (tertiary alicyclic amines) is 2. The van der Waals surface area contributed by atoms with Crippen molar-refractivity contribution >= 4 is 17.8 Å². The number of carboxylic acid groups (broad SMARTS) is 1. The molecular formula is C26H37N3O7. The maximum atomic E-state index is 13.2. The lowest BCUT2D eigenvalue weighted by molar-refractivity contribution is -0.188. The van der Waals surface area contributed by atoms with Gasteiger partial charge in [-0.2, -0.15) is 0 Å². The predicted molar refractivity (Wildman–Crippen MR) is 130 cm³/mol. The van der Waals surface area contributed by atoms with E-state index in [1.807, 2.05) is 36.9 Å². The van der Waals surface area contributed by atoms with Gasteiger partial charge in [0.1, 0.15) is 0 Å². The third-order valence-corrected chi connectivity index (χ3v) is 7.22. The second-order valence-corrected chi connectivity index (χ2v) is 9.68. The quantitative estimate of drug-likeness (QED) is 0.434. The Morgan fingerprint density at radius 2 is 2.00 bits per heavy atom. The van der Waals surface area contributed by atoms with Crippen LogP contribution in [-0.4, -0.2) is 89.9 Å². The summed E-state index contributed by atoms with van der Waals surface area (Å²) in [6.45, 7) is 6.69. The highest BCUT2D eigenvalue weighted by molar-refractivity contribution is 5.79. The average molecular weight is 504 g/mol. The summed E-state index contributed by atoms with van der Waals surface area (Å²) in [5.41, 5.74) is 0.844. The van der Waals surface area contributed by atoms with Crippen LogP contribution < -0.4 is 9.47 Å². The van der Waals surface area contributed by atoms with E-state index < -0.39 is 17.9 Å². The van der Waals surface area contributed by atoms with Gasteiger partial charge in [-0.25, -0.2) is 5.06 Å². The predicted octanol–water partition coefficient (Wildman–Crippen LogP) is 2.48. The fraction of sp³-hybridized carbons (Fsp3) is 0.654. The zero-order valence-corrected chi connectivity index (χ0v) is 21.2. The number of carboxylic acids is 1. The lowest BCUT2D eigenvalue weighted by Crippen LogP contribution is -2.45. The number of amides is 2. The minimum absolute atomic E-state index is 0.0627. The van der Waals surface area contributed by atoms with Crippen molar-refractivity contribution in [3.63, 3.8) is 0 Å². The number of nitrogens with zero attached hydrogens (tertiary/aromatic N) is 3. The Morgan fingerprint density at radius 3 is 2.69 bits per heavy atom. The molecular weight excluding hydrogens is 466 g/mol. The van der Waals surface area contributed by atoms with Crippen LogP contribution in [0.1, 0.15) is 57.4 Å². The molecule has 0 radical (unpaired) electrons. The normalized spacial score (nSPS) is 23.4. The number of benzene rings is 1. The molecule has 36 heavy (non-hydrogen) atoms. The molecule has 3 unspecified atom stereocenters. The van der Waals surface area contributed by atoms with Gasteiger partial charge >= 0.3 is 5.97 Å². The Kier molecular flexibility index (Phi) is 8.68. The van der Waals surface area contributed by atoms with Crippen molar-refractivity contribution in [2.24, 2.45) is 5.92 Å². The standard InChI is InChI=1S/C26H37N3O7/c1-3-10-29(36-13-4-2)24(31)16-28-15-19(18-7-8-21-22(14-18)35-17-34-21)25(26(32)33)20(28)9-12-27-11-5-6-23(27)30/h7-8,14,19-20,25H,3-6,9-13,15-17H2,1-2H3,(H,32,33). The van der Waals surface area contributed by atoms with Crippen LogP contribution in [0.3, 0.4) is 0 Å². The SMILES string of the molecule is CCCON(CCC)C(=O)CN1CC(c2ccc3c(c2)OCO3)C(C(=O)O)C1CCN1CCCC1=O. The van der Waals surface area contributed by atoms with Crippen LogP contribution in [0.25, 0.3) is 0 Å². The van der Waals surface area contributed by atoms with Gasteiger partial charge in [0.2, 0.25) is 12.7 Å². The molecule has 10 heteroatoms. The first kappa shape index (κ1) is 26.2. The Morgan fingerprint density at radius 1 is 1.19 bits per heavy atom. The lowest BCUT2D eigenvalue weighted by Gasteiger charge is -2.30. The van der Waals surface area contributed by atoms with Crippen molar-refractivity contribution in [1.82, 2.24) is 14.9 Å². The number of carbonyl (C=O) groups excluding carboxylic acids is 2. The third-order valence-electron chi connectivity index (χ3n) is 7.22. The van der Waals surface area contributed by atoms with Gasteiger partial charge in [-0.05, 0) is 43.4 Å². The van der Waals surface area contributed by atoms with Crippen LogP contribution in [0.2, 0.25) is 0 Å². The van der Waals surface area contributed by atoms with E-state index in [-0.39, 0.29) is 31.1 Å². The van der Waals surface area contributed by atoms with Crippen LogP contribution in [0.5, 0.6) is 11.5 Å². The van der Waals surface area contributed by atoms with Gasteiger partial charge in [0.25, 0.3) is 5.91 Å². The number of ether oxygens (including phenoxy) is 2. The number of hydrogen-bond acceptors (Lipinski definition) is 7. The highest BCUT2D eigenvalue weighted by Crippen LogP contribution is 2.42. The Hall–Kier alpha value is -2.85. The maximum absolute atomic E-state index is 13.2. The smallest absolute Gasteiger partial charge is 0.308 e. The molecule has 1 aromatic rings. The topological polar surface area (TPSA) is 109 Å². The first-order chi connectivity index (χ1) is 17.4. The van der Waals surface area contributed by atoms with Crippen LogP contribution in [0.4, 0.5) is 0 Å². The van der Waals surface area contributed by atoms with E-state index in [4.69, 9.17) is 14.3 Å². The van der Waals surface area contributed by atoms with Crippen molar-refractivity contribution in [3.8, 4) is 11.5 Å². The summed E-state index contributed by atoms with van der Waals surface area (Å²) in [7, 11) is 0. The summed E-state index contributed by atoms with van der Waals surface area (Å²) in [5.74, 6) is -0.791. The molecule has 0 spiro atoms. The number of carbonyl (C=O) groups is 3. The summed E-state index contributed by atoms with van der Waals surface area (Å²) in [4.78, 5) is 47.5. The minimum Gasteiger partial charge on any atom is -0.481 e. The van der Waals surface area contributed by atoms with Crippen LogP contribution in [0.15, 0.2) is 18.2 Å². The Labute approximate surface area is 212 Å². The van der Waals surface area contributed by atoms with E-state index in [2.05, 4.69) is 0 Å². The van der Waals surface area contributed by atoms with Crippen molar-refractivity contribution in [2.75, 3.05) is 46.1 Å². The molecule has 1 aromatic carbocycles. The molecule has 3 aliphatic rings. The molecule has 2 fully saturated rings. The molecule has 3 heterocycles. The molecule has 2 saturated heterocycles. The van der Waals surface area contributed by atoms with E-state index in [0.29, 0.717) is 57.1 Å². The van der Waals surface area contributed by atoms with E-state index in [0.717, 1.165) is 24.8 Å². The second kappa shape index (κ2) is 11.9. The van der Waals surface area contributed by atoms with Gasteiger partial charge in [0, 0.05) is 44.6 Å². The fourth-order valence-electron chi connectivity index (χ4n) is 5.48. The van der Waals surface area contributed by atoms with Gasteiger partial charge in [-0.1, -0.05) is 19.9 Å². The largest absolute Gasteiger partial charge is 0.481 e. The van der Waals surface area contributed by atoms with Gasteiger partial charge in [0.15, 0.2) is 11.5 Å². The molecule has 3 atom stereocenters. The molecule has 3 aliphatic heterocycles. The first-order valence-corrected chi connectivity index (χ1v) is 13.0. The number of hydrogen-bond donors (Lipinski definition) is 1. The molecule has 198 valence electrons. The Bertz CT molecular complexity index is 955. The van der Waals surface area contributed by atoms with Gasteiger partial charge in [-0.15, -0.1) is 0 Å². The lowest BCUT2D eigenvalue weighted by atomic mass is 9.84. The third kappa shape index (κ3) is 5.75. The molecule has 0 aliphatic carbocycles. The molecule has 0 bridgehead atoms. The zero-order chi connectivity index (χ0) is 25.7. The second-order valence-electron chi connectivity index (χ2n) is 9.68. The number of hydroxylamine groups is 2. The van der Waals surface area contributed by atoms with Gasteiger partial charge in [0.05, 0.1) is 19.1 Å². The van der Waals surface area contributed by atoms with E-state index in [1.54, 1.807) is 4.90 Å². The summed E-state index contributed by atoms with van der Waals surface area (Å²) in [5, 5.41) is 11.7. The summed E-state index contributed by atoms with van der Waals surface area (Å²) < 4.78 is 11.0. The van der Waals surface area contributed by atoms with Crippen molar-refractivity contribution in [3.05, 3.63) is 23.8 Å². The van der Waals surface area contributed by atoms with Crippen LogP contribution in [0, 0.1) is 5.92 Å². The number of fused-ring (bicyclic) bond motifs is 1. The van der Waals surface area contributed by atoms with Gasteiger partial charge in [-0.3, -0.25) is 24.1 Å². The monoisotopic (exact) mass is 503 g/mol. The van der Waals surface area contributed by atoms with Gasteiger partial charge < -0.3 is 19.5 Å². The zero-order valence-electron chi connectivity index (χ0n) is 21.2. The fourth-order valence-corrected chi connectivity index (χ4v) is 5.48. The molecule has 4 rings (SSSR count). The number of aliphatic carboxylic acids is 1. The molecule has 10 nitrogen and oxygen atoms in total. The van der Waals surface area contributed by atoms with Crippen molar-refractivity contribution < 1.29 is 33.8 Å². The van der Waals surface area contributed by atoms with Crippen molar-refractivity contribution in [2.45, 2.75) is 57.9 Å². The molecule has 1 N–H and O–H groups in total. The first-order valence-electron chi connectivity index (χ1n) is 13.0. The van der Waals surface area contributed by atoms with Crippen LogP contribution in [-0.2, 0) is 19.2 Å². The summed E-state index contributed by atoms with van der Waals surface area (Å²) in [6.07, 6.45) is 3.40. The van der Waals surface area contributed by atoms with Crippen molar-refractivity contribution in [1.29, 1.82) is 0 Å².